The molecule has 7 heteroatoms. The van der Waals surface area contributed by atoms with Gasteiger partial charge in [0, 0.05) is 35.9 Å². The zero-order chi connectivity index (χ0) is 24.7. The van der Waals surface area contributed by atoms with E-state index in [4.69, 9.17) is 5.26 Å². The summed E-state index contributed by atoms with van der Waals surface area (Å²) in [7, 11) is 0. The lowest BCUT2D eigenvalue weighted by molar-refractivity contribution is -0.133. The van der Waals surface area contributed by atoms with E-state index in [9.17, 15) is 13.6 Å². The summed E-state index contributed by atoms with van der Waals surface area (Å²) in [5.74, 6) is -3.62. The van der Waals surface area contributed by atoms with Crippen molar-refractivity contribution in [3.8, 4) is 17.2 Å². The largest absolute Gasteiger partial charge is 0.343 e. The van der Waals surface area contributed by atoms with Crippen molar-refractivity contribution in [3.63, 3.8) is 0 Å². The van der Waals surface area contributed by atoms with Gasteiger partial charge < -0.3 is 5.32 Å². The minimum absolute atomic E-state index is 0.185. The van der Waals surface area contributed by atoms with E-state index in [2.05, 4.69) is 34.6 Å². The maximum absolute atomic E-state index is 14.3. The summed E-state index contributed by atoms with van der Waals surface area (Å²) < 4.78 is 28.5. The van der Waals surface area contributed by atoms with E-state index in [1.807, 2.05) is 42.5 Å². The second kappa shape index (κ2) is 11.5. The Morgan fingerprint density at radius 2 is 1.86 bits per heavy atom. The summed E-state index contributed by atoms with van der Waals surface area (Å²) in [6, 6.07) is 21.9. The van der Waals surface area contributed by atoms with Crippen LogP contribution in [0.2, 0.25) is 0 Å². The zero-order valence-corrected chi connectivity index (χ0v) is 20.1. The van der Waals surface area contributed by atoms with Gasteiger partial charge >= 0.3 is 0 Å². The van der Waals surface area contributed by atoms with Gasteiger partial charge in [0.25, 0.3) is 0 Å². The number of pyridine rings is 1. The number of halogens is 2. The molecule has 1 N–H and O–H groups in total. The Bertz CT molecular complexity index is 1180. The molecule has 1 heterocycles. The molecule has 0 radical (unpaired) electrons. The van der Waals surface area contributed by atoms with Crippen LogP contribution in [0.3, 0.4) is 0 Å². The summed E-state index contributed by atoms with van der Waals surface area (Å²) in [4.78, 5) is 17.9. The van der Waals surface area contributed by atoms with Gasteiger partial charge in [-0.25, -0.2) is 8.78 Å². The second-order valence-corrected chi connectivity index (χ2v) is 9.92. The first-order valence-corrected chi connectivity index (χ1v) is 12.7. The van der Waals surface area contributed by atoms with Gasteiger partial charge in [0.1, 0.15) is 6.54 Å². The molecule has 0 bridgehead atoms. The number of alkyl halides is 2. The molecule has 0 spiro atoms. The lowest BCUT2D eigenvalue weighted by Gasteiger charge is -2.36. The van der Waals surface area contributed by atoms with Crippen molar-refractivity contribution in [3.05, 3.63) is 84.2 Å². The number of benzene rings is 2. The van der Waals surface area contributed by atoms with E-state index in [0.717, 1.165) is 33.8 Å². The molecule has 1 aliphatic carbocycles. The van der Waals surface area contributed by atoms with Crippen molar-refractivity contribution in [2.24, 2.45) is 5.92 Å². The topological polar surface area (TPSA) is 65.8 Å². The molecule has 4 rings (SSSR count). The molecule has 0 aliphatic heterocycles. The monoisotopic (exact) mass is 491 g/mol. The van der Waals surface area contributed by atoms with Crippen LogP contribution in [-0.2, 0) is 11.2 Å². The highest BCUT2D eigenvalue weighted by Gasteiger charge is 2.45. The number of rotatable bonds is 8. The fourth-order valence-corrected chi connectivity index (χ4v) is 5.59. The third-order valence-electron chi connectivity index (χ3n) is 6.44. The number of hydrogen-bond donors (Lipinski definition) is 1. The average Bonchev–Trinajstić information content (AvgIpc) is 2.88. The summed E-state index contributed by atoms with van der Waals surface area (Å²) in [6.45, 7) is -0.185. The minimum atomic E-state index is -2.88. The van der Waals surface area contributed by atoms with Gasteiger partial charge in [-0.05, 0) is 65.3 Å². The highest BCUT2D eigenvalue weighted by atomic mass is 32.2. The van der Waals surface area contributed by atoms with Crippen LogP contribution in [0.15, 0.2) is 78.0 Å². The summed E-state index contributed by atoms with van der Waals surface area (Å²) >= 11 is 1.78. The van der Waals surface area contributed by atoms with Gasteiger partial charge in [0.05, 0.1) is 12.0 Å². The van der Waals surface area contributed by atoms with E-state index < -0.39 is 24.2 Å². The fraction of sp³-hybridized carbons (Fsp3) is 0.321. The molecule has 1 saturated carbocycles. The van der Waals surface area contributed by atoms with Gasteiger partial charge in [-0.2, -0.15) is 5.26 Å². The molecule has 0 unspecified atom stereocenters. The first-order valence-electron chi connectivity index (χ1n) is 11.7. The number of aromatic nitrogens is 1. The van der Waals surface area contributed by atoms with Crippen molar-refractivity contribution < 1.29 is 13.6 Å². The molecular weight excluding hydrogens is 464 g/mol. The summed E-state index contributed by atoms with van der Waals surface area (Å²) in [6.07, 6.45) is 4.03. The standard InChI is InChI=1S/C28H27F2N3OS/c29-28(30)13-9-25(26(19-28)27(34)33-17-14-31)24-4-2-1-3-23(24)21-5-7-22(8-6-21)35-18-12-20-10-15-32-16-11-20/h1-8,10-11,15-16,25-26H,9,12-13,17-19H2,(H,33,34)/t25-,26+/m0/s1. The molecule has 180 valence electrons. The predicted molar refractivity (Wildman–Crippen MR) is 134 cm³/mol. The summed E-state index contributed by atoms with van der Waals surface area (Å²) in [5, 5.41) is 11.3. The average molecular weight is 492 g/mol. The quantitative estimate of drug-likeness (QED) is 0.299. The zero-order valence-electron chi connectivity index (χ0n) is 19.3. The SMILES string of the molecule is N#CCNC(=O)[C@@H]1CC(F)(F)CC[C@H]1c1ccccc1-c1ccc(SCCc2ccncc2)cc1. The lowest BCUT2D eigenvalue weighted by Crippen LogP contribution is -2.41. The van der Waals surface area contributed by atoms with Crippen molar-refractivity contribution in [1.29, 1.82) is 5.26 Å². The molecule has 4 nitrogen and oxygen atoms in total. The maximum Gasteiger partial charge on any atom is 0.249 e. The predicted octanol–water partition coefficient (Wildman–Crippen LogP) is 6.24. The van der Waals surface area contributed by atoms with E-state index in [1.165, 1.54) is 5.56 Å². The first-order chi connectivity index (χ1) is 17.0. The van der Waals surface area contributed by atoms with E-state index >= 15 is 0 Å². The molecular formula is C28H27F2N3OS. The highest BCUT2D eigenvalue weighted by Crippen LogP contribution is 2.47. The van der Waals surface area contributed by atoms with Crippen molar-refractivity contribution in [2.45, 2.75) is 42.4 Å². The van der Waals surface area contributed by atoms with Crippen LogP contribution in [0, 0.1) is 17.2 Å². The van der Waals surface area contributed by atoms with Crippen molar-refractivity contribution in [2.75, 3.05) is 12.3 Å². The Labute approximate surface area is 208 Å². The van der Waals surface area contributed by atoms with Crippen LogP contribution in [-0.4, -0.2) is 29.1 Å². The molecule has 35 heavy (non-hydrogen) atoms. The molecule has 1 aromatic heterocycles. The van der Waals surface area contributed by atoms with Gasteiger partial charge in [-0.1, -0.05) is 36.4 Å². The van der Waals surface area contributed by atoms with E-state index in [1.54, 1.807) is 24.2 Å². The number of hydrogen-bond acceptors (Lipinski definition) is 4. The number of amides is 1. The number of nitrogens with zero attached hydrogens (tertiary/aromatic N) is 2. The van der Waals surface area contributed by atoms with Crippen LogP contribution in [0.1, 0.15) is 36.3 Å². The first kappa shape index (κ1) is 24.9. The smallest absolute Gasteiger partial charge is 0.249 e. The van der Waals surface area contributed by atoms with E-state index in [0.29, 0.717) is 0 Å². The normalized spacial score (nSPS) is 19.0. The maximum atomic E-state index is 14.3. The molecule has 2 atom stereocenters. The Kier molecular flexibility index (Phi) is 8.14. The van der Waals surface area contributed by atoms with Crippen LogP contribution < -0.4 is 5.32 Å². The van der Waals surface area contributed by atoms with Crippen LogP contribution >= 0.6 is 11.8 Å². The molecule has 1 aliphatic rings. The third-order valence-corrected chi connectivity index (χ3v) is 7.45. The van der Waals surface area contributed by atoms with Gasteiger partial charge in [-0.15, -0.1) is 11.8 Å². The van der Waals surface area contributed by atoms with Crippen LogP contribution in [0.4, 0.5) is 8.78 Å². The summed E-state index contributed by atoms with van der Waals surface area (Å²) in [5.41, 5.74) is 4.10. The Hall–Kier alpha value is -3.24. The number of nitriles is 1. The van der Waals surface area contributed by atoms with Crippen molar-refractivity contribution in [1.82, 2.24) is 10.3 Å². The number of aryl methyl sites for hydroxylation is 1. The minimum Gasteiger partial charge on any atom is -0.343 e. The van der Waals surface area contributed by atoms with Crippen LogP contribution in [0.25, 0.3) is 11.1 Å². The van der Waals surface area contributed by atoms with Crippen molar-refractivity contribution >= 4 is 17.7 Å². The number of thioether (sulfide) groups is 1. The van der Waals surface area contributed by atoms with E-state index in [-0.39, 0.29) is 25.3 Å². The molecule has 2 aromatic carbocycles. The molecule has 0 saturated heterocycles. The van der Waals surface area contributed by atoms with Gasteiger partial charge in [-0.3, -0.25) is 9.78 Å². The van der Waals surface area contributed by atoms with Gasteiger partial charge in [0.15, 0.2) is 0 Å². The number of carbonyl (C=O) groups excluding carboxylic acids is 1. The Balaban J connectivity index is 1.52. The van der Waals surface area contributed by atoms with Crippen LogP contribution in [0.5, 0.6) is 0 Å². The second-order valence-electron chi connectivity index (χ2n) is 8.75. The number of nitrogens with one attached hydrogen (secondary N) is 1. The number of carbonyl (C=O) groups is 1. The lowest BCUT2D eigenvalue weighted by atomic mass is 9.72. The highest BCUT2D eigenvalue weighted by molar-refractivity contribution is 7.99. The van der Waals surface area contributed by atoms with Gasteiger partial charge in [0.2, 0.25) is 11.8 Å². The fourth-order valence-electron chi connectivity index (χ4n) is 4.69. The third kappa shape index (κ3) is 6.46. The molecule has 1 fully saturated rings. The molecule has 1 amide bonds. The Morgan fingerprint density at radius 3 is 2.60 bits per heavy atom. The Morgan fingerprint density at radius 1 is 1.11 bits per heavy atom. The molecule has 3 aromatic rings.